The van der Waals surface area contributed by atoms with Gasteiger partial charge in [0, 0.05) is 36.6 Å². The number of benzene rings is 1. The number of nitrogens with one attached hydrogen (secondary N) is 1. The molecule has 1 saturated carbocycles. The highest BCUT2D eigenvalue weighted by Gasteiger charge is 2.29. The Kier molecular flexibility index (Phi) is 3.19. The molecule has 1 atom stereocenters. The molecule has 2 heterocycles. The predicted octanol–water partition coefficient (Wildman–Crippen LogP) is 2.76. The van der Waals surface area contributed by atoms with E-state index < -0.39 is 0 Å². The predicted molar refractivity (Wildman–Crippen MR) is 80.8 cm³/mol. The van der Waals surface area contributed by atoms with Gasteiger partial charge in [0.1, 0.15) is 11.3 Å². The van der Waals surface area contributed by atoms with Gasteiger partial charge in [-0.1, -0.05) is 6.07 Å². The minimum absolute atomic E-state index is 0.200. The molecule has 4 rings (SSSR count). The van der Waals surface area contributed by atoms with Crippen molar-refractivity contribution in [2.75, 3.05) is 18.1 Å². The quantitative estimate of drug-likeness (QED) is 0.943. The molecule has 1 aromatic carbocycles. The highest BCUT2D eigenvalue weighted by Crippen LogP contribution is 2.39. The molecule has 1 aromatic heterocycles. The molecular formula is C15H18FN3S. The normalized spacial score (nSPS) is 23.4. The van der Waals surface area contributed by atoms with Crippen molar-refractivity contribution in [1.82, 2.24) is 14.9 Å². The van der Waals surface area contributed by atoms with Gasteiger partial charge < -0.3 is 9.88 Å². The molecule has 0 bridgehead atoms. The van der Waals surface area contributed by atoms with E-state index in [9.17, 15) is 4.39 Å². The molecular weight excluding hydrogens is 273 g/mol. The third-order valence-corrected chi connectivity index (χ3v) is 5.21. The zero-order valence-electron chi connectivity index (χ0n) is 11.3. The Morgan fingerprint density at radius 3 is 3.05 bits per heavy atom. The summed E-state index contributed by atoms with van der Waals surface area (Å²) in [5, 5.41) is 3.55. The second-order valence-electron chi connectivity index (χ2n) is 5.67. The summed E-state index contributed by atoms with van der Waals surface area (Å²) in [5.41, 5.74) is 1.50. The third kappa shape index (κ3) is 2.23. The van der Waals surface area contributed by atoms with E-state index in [1.165, 1.54) is 24.7 Å². The van der Waals surface area contributed by atoms with Crippen molar-refractivity contribution in [1.29, 1.82) is 0 Å². The molecule has 1 aliphatic carbocycles. The molecule has 0 spiro atoms. The van der Waals surface area contributed by atoms with Crippen LogP contribution in [0.5, 0.6) is 0 Å². The van der Waals surface area contributed by atoms with Gasteiger partial charge in [-0.2, -0.15) is 11.8 Å². The number of rotatable bonds is 3. The van der Waals surface area contributed by atoms with Crippen molar-refractivity contribution in [2.24, 2.45) is 0 Å². The molecule has 0 radical (unpaired) electrons. The number of thioether (sulfide) groups is 1. The Balaban J connectivity index is 1.73. The monoisotopic (exact) mass is 291 g/mol. The summed E-state index contributed by atoms with van der Waals surface area (Å²) < 4.78 is 16.2. The zero-order valence-corrected chi connectivity index (χ0v) is 12.1. The van der Waals surface area contributed by atoms with Crippen molar-refractivity contribution >= 4 is 22.8 Å². The smallest absolute Gasteiger partial charge is 0.151 e. The van der Waals surface area contributed by atoms with Gasteiger partial charge in [0.2, 0.25) is 0 Å². The molecule has 2 aromatic rings. The van der Waals surface area contributed by atoms with Gasteiger partial charge in [-0.25, -0.2) is 9.37 Å². The summed E-state index contributed by atoms with van der Waals surface area (Å²) in [7, 11) is 0. The lowest BCUT2D eigenvalue weighted by Gasteiger charge is -2.23. The van der Waals surface area contributed by atoms with Gasteiger partial charge in [-0.05, 0) is 25.0 Å². The van der Waals surface area contributed by atoms with E-state index in [1.54, 1.807) is 6.07 Å². The fraction of sp³-hybridized carbons (Fsp3) is 0.533. The Hall–Kier alpha value is -1.07. The molecule has 1 aliphatic heterocycles. The third-order valence-electron chi connectivity index (χ3n) is 4.08. The number of halogens is 1. The van der Waals surface area contributed by atoms with Gasteiger partial charge in [0.05, 0.1) is 5.52 Å². The first-order valence-corrected chi connectivity index (χ1v) is 8.45. The summed E-state index contributed by atoms with van der Waals surface area (Å²) in [6.45, 7) is 1.06. The zero-order chi connectivity index (χ0) is 13.5. The number of nitrogens with zero attached hydrogens (tertiary/aromatic N) is 2. The van der Waals surface area contributed by atoms with Crippen LogP contribution < -0.4 is 5.32 Å². The van der Waals surface area contributed by atoms with Crippen molar-refractivity contribution < 1.29 is 4.39 Å². The van der Waals surface area contributed by atoms with Crippen LogP contribution >= 0.6 is 11.8 Å². The fourth-order valence-electron chi connectivity index (χ4n) is 2.99. The SMILES string of the molecule is Fc1cccc2c1nc(CC1CSCCN1)n2C1CC1. The molecule has 5 heteroatoms. The first-order valence-electron chi connectivity index (χ1n) is 7.29. The minimum atomic E-state index is -0.200. The number of hydrogen-bond acceptors (Lipinski definition) is 3. The number of fused-ring (bicyclic) bond motifs is 1. The fourth-order valence-corrected chi connectivity index (χ4v) is 3.94. The van der Waals surface area contributed by atoms with Gasteiger partial charge in [-0.15, -0.1) is 0 Å². The highest BCUT2D eigenvalue weighted by atomic mass is 32.2. The van der Waals surface area contributed by atoms with E-state index in [0.29, 0.717) is 17.6 Å². The topological polar surface area (TPSA) is 29.9 Å². The Morgan fingerprint density at radius 1 is 1.40 bits per heavy atom. The molecule has 2 fully saturated rings. The molecule has 1 N–H and O–H groups in total. The molecule has 0 amide bonds. The maximum absolute atomic E-state index is 13.9. The van der Waals surface area contributed by atoms with Crippen molar-refractivity contribution in [3.8, 4) is 0 Å². The van der Waals surface area contributed by atoms with Crippen LogP contribution in [0.2, 0.25) is 0 Å². The average Bonchev–Trinajstić information content (AvgIpc) is 3.23. The largest absolute Gasteiger partial charge is 0.325 e. The molecule has 3 nitrogen and oxygen atoms in total. The average molecular weight is 291 g/mol. The molecule has 1 unspecified atom stereocenters. The van der Waals surface area contributed by atoms with Crippen LogP contribution in [0.3, 0.4) is 0 Å². The van der Waals surface area contributed by atoms with Crippen LogP contribution in [0.25, 0.3) is 11.0 Å². The number of hydrogen-bond donors (Lipinski definition) is 1. The van der Waals surface area contributed by atoms with E-state index in [4.69, 9.17) is 0 Å². The standard InChI is InChI=1S/C15H18FN3S/c16-12-2-1-3-13-15(12)18-14(19(13)11-4-5-11)8-10-9-20-7-6-17-10/h1-3,10-11,17H,4-9H2. The van der Waals surface area contributed by atoms with Gasteiger partial charge >= 0.3 is 0 Å². The van der Waals surface area contributed by atoms with Crippen LogP contribution in [0.15, 0.2) is 18.2 Å². The Morgan fingerprint density at radius 2 is 2.30 bits per heavy atom. The molecule has 106 valence electrons. The van der Waals surface area contributed by atoms with E-state index in [1.807, 2.05) is 17.8 Å². The van der Waals surface area contributed by atoms with Crippen LogP contribution in [-0.2, 0) is 6.42 Å². The highest BCUT2D eigenvalue weighted by molar-refractivity contribution is 7.99. The Labute approximate surface area is 121 Å². The van der Waals surface area contributed by atoms with E-state index >= 15 is 0 Å². The summed E-state index contributed by atoms with van der Waals surface area (Å²) in [6, 6.07) is 6.29. The van der Waals surface area contributed by atoms with E-state index in [2.05, 4.69) is 14.9 Å². The molecule has 2 aliphatic rings. The van der Waals surface area contributed by atoms with Gasteiger partial charge in [0.25, 0.3) is 0 Å². The summed E-state index contributed by atoms with van der Waals surface area (Å²) >= 11 is 1.99. The van der Waals surface area contributed by atoms with Crippen LogP contribution in [0.1, 0.15) is 24.7 Å². The molecule has 20 heavy (non-hydrogen) atoms. The maximum atomic E-state index is 13.9. The van der Waals surface area contributed by atoms with E-state index in [0.717, 1.165) is 30.1 Å². The second-order valence-corrected chi connectivity index (χ2v) is 6.82. The second kappa shape index (κ2) is 5.04. The van der Waals surface area contributed by atoms with Crippen molar-refractivity contribution in [3.63, 3.8) is 0 Å². The summed E-state index contributed by atoms with van der Waals surface area (Å²) in [4.78, 5) is 4.61. The number of imidazole rings is 1. The first kappa shape index (κ1) is 12.7. The number of aromatic nitrogens is 2. The maximum Gasteiger partial charge on any atom is 0.151 e. The number of para-hydroxylation sites is 1. The van der Waals surface area contributed by atoms with Crippen LogP contribution in [0.4, 0.5) is 4.39 Å². The van der Waals surface area contributed by atoms with E-state index in [-0.39, 0.29) is 5.82 Å². The molecule has 1 saturated heterocycles. The summed E-state index contributed by atoms with van der Waals surface area (Å²) in [5.74, 6) is 3.15. The van der Waals surface area contributed by atoms with Crippen molar-refractivity contribution in [3.05, 3.63) is 29.8 Å². The van der Waals surface area contributed by atoms with Crippen LogP contribution in [0, 0.1) is 5.82 Å². The lowest BCUT2D eigenvalue weighted by Crippen LogP contribution is -2.39. The minimum Gasteiger partial charge on any atom is -0.325 e. The van der Waals surface area contributed by atoms with Gasteiger partial charge in [-0.3, -0.25) is 0 Å². The van der Waals surface area contributed by atoms with Crippen LogP contribution in [-0.4, -0.2) is 33.6 Å². The summed E-state index contributed by atoms with van der Waals surface area (Å²) in [6.07, 6.45) is 3.29. The van der Waals surface area contributed by atoms with Crippen molar-refractivity contribution in [2.45, 2.75) is 31.3 Å². The lowest BCUT2D eigenvalue weighted by atomic mass is 10.2. The lowest BCUT2D eigenvalue weighted by molar-refractivity contribution is 0.535. The Bertz CT molecular complexity index is 629. The van der Waals surface area contributed by atoms with Gasteiger partial charge in [0.15, 0.2) is 5.82 Å². The first-order chi connectivity index (χ1) is 9.83.